The maximum atomic E-state index is 12.2. The summed E-state index contributed by atoms with van der Waals surface area (Å²) in [4.78, 5) is 14.6. The van der Waals surface area contributed by atoms with Gasteiger partial charge in [0.1, 0.15) is 0 Å². The van der Waals surface area contributed by atoms with E-state index in [1.807, 2.05) is 20.9 Å². The molecule has 20 heavy (non-hydrogen) atoms. The van der Waals surface area contributed by atoms with E-state index < -0.39 is 0 Å². The first-order chi connectivity index (χ1) is 9.59. The SMILES string of the molecule is Cc1nn(C)c(C)c1C(=O)NCCCN1CCNCC1. The number of hydrogen-bond donors (Lipinski definition) is 2. The molecular formula is C14H25N5O. The molecule has 1 saturated heterocycles. The van der Waals surface area contributed by atoms with Crippen LogP contribution in [0.25, 0.3) is 0 Å². The maximum Gasteiger partial charge on any atom is 0.255 e. The van der Waals surface area contributed by atoms with Crippen LogP contribution >= 0.6 is 0 Å². The van der Waals surface area contributed by atoms with Gasteiger partial charge in [-0.05, 0) is 26.8 Å². The molecule has 1 aromatic heterocycles. The van der Waals surface area contributed by atoms with Gasteiger partial charge in [0, 0.05) is 45.5 Å². The van der Waals surface area contributed by atoms with Crippen LogP contribution in [0.15, 0.2) is 0 Å². The van der Waals surface area contributed by atoms with Crippen LogP contribution in [0.2, 0.25) is 0 Å². The van der Waals surface area contributed by atoms with Crippen LogP contribution in [-0.2, 0) is 7.05 Å². The molecule has 112 valence electrons. The summed E-state index contributed by atoms with van der Waals surface area (Å²) >= 11 is 0. The molecule has 0 saturated carbocycles. The summed E-state index contributed by atoms with van der Waals surface area (Å²) in [5.74, 6) is -0.00610. The van der Waals surface area contributed by atoms with Gasteiger partial charge in [0.05, 0.1) is 11.3 Å². The lowest BCUT2D eigenvalue weighted by Gasteiger charge is -2.27. The van der Waals surface area contributed by atoms with Crippen molar-refractivity contribution in [1.82, 2.24) is 25.3 Å². The second-order valence-corrected chi connectivity index (χ2v) is 5.37. The number of aromatic nitrogens is 2. The van der Waals surface area contributed by atoms with Crippen LogP contribution in [0.3, 0.4) is 0 Å². The van der Waals surface area contributed by atoms with Crippen LogP contribution in [-0.4, -0.2) is 59.9 Å². The summed E-state index contributed by atoms with van der Waals surface area (Å²) < 4.78 is 1.75. The summed E-state index contributed by atoms with van der Waals surface area (Å²) in [6.45, 7) is 9.92. The van der Waals surface area contributed by atoms with E-state index in [1.54, 1.807) is 4.68 Å². The van der Waals surface area contributed by atoms with Crippen molar-refractivity contribution >= 4 is 5.91 Å². The predicted octanol–water partition coefficient (Wildman–Crippen LogP) is 0.0620. The van der Waals surface area contributed by atoms with Crippen molar-refractivity contribution in [3.05, 3.63) is 17.0 Å². The van der Waals surface area contributed by atoms with Crippen molar-refractivity contribution in [2.45, 2.75) is 20.3 Å². The van der Waals surface area contributed by atoms with Crippen LogP contribution in [0, 0.1) is 13.8 Å². The van der Waals surface area contributed by atoms with Gasteiger partial charge in [-0.15, -0.1) is 0 Å². The molecule has 0 aromatic carbocycles. The smallest absolute Gasteiger partial charge is 0.255 e. The van der Waals surface area contributed by atoms with Crippen molar-refractivity contribution in [3.8, 4) is 0 Å². The minimum atomic E-state index is -0.00610. The molecule has 6 heteroatoms. The number of hydrogen-bond acceptors (Lipinski definition) is 4. The van der Waals surface area contributed by atoms with Crippen molar-refractivity contribution in [3.63, 3.8) is 0 Å². The monoisotopic (exact) mass is 279 g/mol. The van der Waals surface area contributed by atoms with Gasteiger partial charge in [-0.1, -0.05) is 0 Å². The number of nitrogens with zero attached hydrogens (tertiary/aromatic N) is 3. The zero-order chi connectivity index (χ0) is 14.5. The summed E-state index contributed by atoms with van der Waals surface area (Å²) in [7, 11) is 1.86. The number of carbonyl (C=O) groups is 1. The molecule has 1 aliphatic rings. The van der Waals surface area contributed by atoms with E-state index in [0.717, 1.165) is 62.6 Å². The number of aryl methyl sites for hydroxylation is 2. The molecule has 1 amide bonds. The van der Waals surface area contributed by atoms with Crippen molar-refractivity contribution in [2.75, 3.05) is 39.3 Å². The normalized spacial score (nSPS) is 16.4. The summed E-state index contributed by atoms with van der Waals surface area (Å²) in [5, 5.41) is 10.6. The second-order valence-electron chi connectivity index (χ2n) is 5.37. The van der Waals surface area contributed by atoms with Gasteiger partial charge in [-0.3, -0.25) is 9.48 Å². The highest BCUT2D eigenvalue weighted by Gasteiger charge is 2.16. The molecule has 2 N–H and O–H groups in total. The fraction of sp³-hybridized carbons (Fsp3) is 0.714. The van der Waals surface area contributed by atoms with E-state index in [1.165, 1.54) is 0 Å². The van der Waals surface area contributed by atoms with Gasteiger partial charge in [-0.25, -0.2) is 0 Å². The van der Waals surface area contributed by atoms with Crippen LogP contribution in [0.4, 0.5) is 0 Å². The molecule has 0 unspecified atom stereocenters. The standard InChI is InChI=1S/C14H25N5O/c1-11-13(12(2)18(3)17-11)14(20)16-5-4-8-19-9-6-15-7-10-19/h15H,4-10H2,1-3H3,(H,16,20). The molecule has 1 aromatic rings. The summed E-state index contributed by atoms with van der Waals surface area (Å²) in [5.41, 5.74) is 2.43. The highest BCUT2D eigenvalue weighted by Crippen LogP contribution is 2.11. The average molecular weight is 279 g/mol. The maximum absolute atomic E-state index is 12.2. The third kappa shape index (κ3) is 3.58. The lowest BCUT2D eigenvalue weighted by atomic mass is 10.2. The Hall–Kier alpha value is -1.40. The predicted molar refractivity (Wildman–Crippen MR) is 78.9 cm³/mol. The first-order valence-electron chi connectivity index (χ1n) is 7.31. The third-order valence-electron chi connectivity index (χ3n) is 3.88. The number of amides is 1. The van der Waals surface area contributed by atoms with E-state index in [4.69, 9.17) is 0 Å². The molecule has 2 heterocycles. The van der Waals surface area contributed by atoms with Gasteiger partial charge in [0.25, 0.3) is 5.91 Å². The number of carbonyl (C=O) groups excluding carboxylic acids is 1. The molecule has 1 fully saturated rings. The topological polar surface area (TPSA) is 62.2 Å². The van der Waals surface area contributed by atoms with Crippen molar-refractivity contribution < 1.29 is 4.79 Å². The fourth-order valence-corrected chi connectivity index (χ4v) is 2.63. The van der Waals surface area contributed by atoms with E-state index in [-0.39, 0.29) is 5.91 Å². The second kappa shape index (κ2) is 6.85. The Kier molecular flexibility index (Phi) is 5.14. The Morgan fingerprint density at radius 3 is 2.65 bits per heavy atom. The molecule has 0 radical (unpaired) electrons. The van der Waals surface area contributed by atoms with Crippen molar-refractivity contribution in [1.29, 1.82) is 0 Å². The van der Waals surface area contributed by atoms with Crippen LogP contribution in [0.1, 0.15) is 28.2 Å². The molecule has 0 bridgehead atoms. The zero-order valence-corrected chi connectivity index (χ0v) is 12.7. The highest BCUT2D eigenvalue weighted by molar-refractivity contribution is 5.96. The third-order valence-corrected chi connectivity index (χ3v) is 3.88. The Bertz CT molecular complexity index is 462. The zero-order valence-electron chi connectivity index (χ0n) is 12.7. The van der Waals surface area contributed by atoms with E-state index in [0.29, 0.717) is 0 Å². The highest BCUT2D eigenvalue weighted by atomic mass is 16.1. The number of rotatable bonds is 5. The quantitative estimate of drug-likeness (QED) is 0.748. The fourth-order valence-electron chi connectivity index (χ4n) is 2.63. The van der Waals surface area contributed by atoms with E-state index >= 15 is 0 Å². The van der Waals surface area contributed by atoms with E-state index in [9.17, 15) is 4.79 Å². The van der Waals surface area contributed by atoms with E-state index in [2.05, 4.69) is 20.6 Å². The first-order valence-corrected chi connectivity index (χ1v) is 7.31. The molecule has 0 spiro atoms. The summed E-state index contributed by atoms with van der Waals surface area (Å²) in [6, 6.07) is 0. The minimum absolute atomic E-state index is 0.00610. The Morgan fingerprint density at radius 2 is 2.05 bits per heavy atom. The van der Waals surface area contributed by atoms with Crippen LogP contribution in [0.5, 0.6) is 0 Å². The molecule has 0 atom stereocenters. The van der Waals surface area contributed by atoms with Gasteiger partial charge < -0.3 is 15.5 Å². The van der Waals surface area contributed by atoms with Gasteiger partial charge in [0.15, 0.2) is 0 Å². The van der Waals surface area contributed by atoms with Crippen molar-refractivity contribution in [2.24, 2.45) is 7.05 Å². The largest absolute Gasteiger partial charge is 0.352 e. The average Bonchev–Trinajstić information content (AvgIpc) is 2.69. The first kappa shape index (κ1) is 15.0. The number of piperazine rings is 1. The Labute approximate surface area is 120 Å². The van der Waals surface area contributed by atoms with Gasteiger partial charge >= 0.3 is 0 Å². The Balaban J connectivity index is 1.74. The van der Waals surface area contributed by atoms with Gasteiger partial charge in [0.2, 0.25) is 0 Å². The van der Waals surface area contributed by atoms with Crippen LogP contribution < -0.4 is 10.6 Å². The molecule has 0 aliphatic carbocycles. The molecular weight excluding hydrogens is 254 g/mol. The number of nitrogens with one attached hydrogen (secondary N) is 2. The summed E-state index contributed by atoms with van der Waals surface area (Å²) in [6.07, 6.45) is 0.990. The lowest BCUT2D eigenvalue weighted by molar-refractivity contribution is 0.0950. The lowest BCUT2D eigenvalue weighted by Crippen LogP contribution is -2.44. The van der Waals surface area contributed by atoms with Gasteiger partial charge in [-0.2, -0.15) is 5.10 Å². The minimum Gasteiger partial charge on any atom is -0.352 e. The molecule has 2 rings (SSSR count). The Morgan fingerprint density at radius 1 is 1.35 bits per heavy atom. The molecule has 1 aliphatic heterocycles. The molecule has 6 nitrogen and oxygen atoms in total.